The Balaban J connectivity index is 1.76. The number of hydrogen-bond donors (Lipinski definition) is 3. The summed E-state index contributed by atoms with van der Waals surface area (Å²) < 4.78 is 2.74. The molecule has 0 aliphatic rings. The van der Waals surface area contributed by atoms with E-state index in [0.29, 0.717) is 5.56 Å². The van der Waals surface area contributed by atoms with E-state index in [-0.39, 0.29) is 23.7 Å². The monoisotopic (exact) mass is 405 g/mol. The lowest BCUT2D eigenvalue weighted by Gasteiger charge is -2.14. The average Bonchev–Trinajstić information content (AvgIpc) is 3.12. The first kappa shape index (κ1) is 19.3. The molecule has 0 spiro atoms. The molecule has 1 atom stereocenters. The molecule has 1 aromatic carbocycles. The van der Waals surface area contributed by atoms with Crippen molar-refractivity contribution < 1.29 is 5.11 Å². The number of nitrogens with zero attached hydrogens (tertiary/aromatic N) is 5. The Kier molecular flexibility index (Phi) is 5.22. The van der Waals surface area contributed by atoms with Gasteiger partial charge in [0.1, 0.15) is 0 Å². The summed E-state index contributed by atoms with van der Waals surface area (Å²) in [5.41, 5.74) is 3.42. The molecule has 0 bridgehead atoms. The van der Waals surface area contributed by atoms with E-state index in [0.717, 1.165) is 5.56 Å². The third kappa shape index (κ3) is 3.76. The van der Waals surface area contributed by atoms with E-state index in [4.69, 9.17) is 0 Å². The number of nitrogens with one attached hydrogen (secondary N) is 2. The normalized spacial score (nSPS) is 12.5. The standard InChI is InChI=1S/C20H19N7O3/c1-26-17-16(18(29)24-20(26)30)27(12-15(28)14-7-3-2-4-8-14)19(23-17)25-22-11-13-6-5-9-21-10-13/h2-11,15,28H,12H2,1H3,(H,23,25)(H,24,29,30). The predicted molar refractivity (Wildman–Crippen MR) is 112 cm³/mol. The number of aryl methyl sites for hydroxylation is 1. The van der Waals surface area contributed by atoms with E-state index >= 15 is 0 Å². The van der Waals surface area contributed by atoms with Gasteiger partial charge in [-0.25, -0.2) is 10.2 Å². The first-order valence-electron chi connectivity index (χ1n) is 9.16. The number of rotatable bonds is 6. The molecule has 0 fully saturated rings. The summed E-state index contributed by atoms with van der Waals surface area (Å²) >= 11 is 0. The van der Waals surface area contributed by atoms with Crippen molar-refractivity contribution in [1.29, 1.82) is 0 Å². The van der Waals surface area contributed by atoms with Gasteiger partial charge in [0.05, 0.1) is 18.9 Å². The van der Waals surface area contributed by atoms with Crippen LogP contribution in [0, 0.1) is 0 Å². The Hall–Kier alpha value is -4.05. The molecule has 3 N–H and O–H groups in total. The van der Waals surface area contributed by atoms with E-state index in [1.807, 2.05) is 24.3 Å². The number of benzene rings is 1. The van der Waals surface area contributed by atoms with Crippen LogP contribution in [0.1, 0.15) is 17.2 Å². The Morgan fingerprint density at radius 1 is 1.23 bits per heavy atom. The van der Waals surface area contributed by atoms with E-state index in [1.54, 1.807) is 36.8 Å². The van der Waals surface area contributed by atoms with Gasteiger partial charge in [-0.3, -0.25) is 23.9 Å². The van der Waals surface area contributed by atoms with Crippen LogP contribution in [-0.4, -0.2) is 35.4 Å². The predicted octanol–water partition coefficient (Wildman–Crippen LogP) is 0.998. The van der Waals surface area contributed by atoms with Gasteiger partial charge in [-0.15, -0.1) is 0 Å². The molecular weight excluding hydrogens is 386 g/mol. The Bertz CT molecular complexity index is 1310. The van der Waals surface area contributed by atoms with Gasteiger partial charge >= 0.3 is 5.69 Å². The number of aromatic nitrogens is 5. The Morgan fingerprint density at radius 2 is 2.03 bits per heavy atom. The number of hydrazone groups is 1. The van der Waals surface area contributed by atoms with Crippen LogP contribution >= 0.6 is 0 Å². The number of pyridine rings is 1. The molecule has 10 nitrogen and oxygen atoms in total. The largest absolute Gasteiger partial charge is 0.387 e. The summed E-state index contributed by atoms with van der Waals surface area (Å²) in [5.74, 6) is 0.215. The number of aromatic amines is 1. The minimum atomic E-state index is -0.900. The zero-order valence-corrected chi connectivity index (χ0v) is 16.1. The second-order valence-corrected chi connectivity index (χ2v) is 6.62. The molecule has 4 rings (SSSR count). The van der Waals surface area contributed by atoms with Crippen molar-refractivity contribution in [3.63, 3.8) is 0 Å². The summed E-state index contributed by atoms with van der Waals surface area (Å²) in [7, 11) is 1.51. The van der Waals surface area contributed by atoms with Gasteiger partial charge in [0.25, 0.3) is 5.56 Å². The summed E-state index contributed by atoms with van der Waals surface area (Å²) in [6.45, 7) is 0.0343. The van der Waals surface area contributed by atoms with E-state index in [9.17, 15) is 14.7 Å². The van der Waals surface area contributed by atoms with Gasteiger partial charge in [-0.1, -0.05) is 36.4 Å². The van der Waals surface area contributed by atoms with Crippen LogP contribution in [-0.2, 0) is 13.6 Å². The number of aliphatic hydroxyl groups excluding tert-OH is 1. The maximum Gasteiger partial charge on any atom is 0.329 e. The van der Waals surface area contributed by atoms with Gasteiger partial charge in [0.2, 0.25) is 5.95 Å². The van der Waals surface area contributed by atoms with Crippen LogP contribution in [0.2, 0.25) is 0 Å². The second kappa shape index (κ2) is 8.13. The van der Waals surface area contributed by atoms with E-state index < -0.39 is 17.4 Å². The zero-order valence-electron chi connectivity index (χ0n) is 16.1. The lowest BCUT2D eigenvalue weighted by molar-refractivity contribution is 0.158. The van der Waals surface area contributed by atoms with Gasteiger partial charge in [-0.2, -0.15) is 10.1 Å². The fraction of sp³-hybridized carbons (Fsp3) is 0.150. The van der Waals surface area contributed by atoms with Crippen molar-refractivity contribution in [2.75, 3.05) is 5.43 Å². The van der Waals surface area contributed by atoms with E-state index in [1.165, 1.54) is 16.2 Å². The van der Waals surface area contributed by atoms with Crippen LogP contribution in [0.25, 0.3) is 11.2 Å². The highest BCUT2D eigenvalue weighted by Crippen LogP contribution is 2.21. The van der Waals surface area contributed by atoms with Crippen LogP contribution in [0.3, 0.4) is 0 Å². The van der Waals surface area contributed by atoms with Gasteiger partial charge < -0.3 is 5.11 Å². The quantitative estimate of drug-likeness (QED) is 0.324. The Morgan fingerprint density at radius 3 is 2.77 bits per heavy atom. The first-order valence-corrected chi connectivity index (χ1v) is 9.16. The lowest BCUT2D eigenvalue weighted by atomic mass is 10.1. The van der Waals surface area contributed by atoms with Crippen LogP contribution in [0.4, 0.5) is 5.95 Å². The molecule has 152 valence electrons. The molecule has 3 heterocycles. The summed E-state index contributed by atoms with van der Waals surface area (Å²) in [5, 5.41) is 14.8. The van der Waals surface area contributed by atoms with Crippen molar-refractivity contribution >= 4 is 23.3 Å². The fourth-order valence-electron chi connectivity index (χ4n) is 3.07. The molecule has 3 aromatic heterocycles. The Labute approximate surface area is 170 Å². The number of anilines is 1. The molecule has 10 heteroatoms. The smallest absolute Gasteiger partial charge is 0.329 e. The van der Waals surface area contributed by atoms with Crippen LogP contribution in [0.5, 0.6) is 0 Å². The molecule has 0 saturated carbocycles. The molecule has 0 aliphatic heterocycles. The number of fused-ring (bicyclic) bond motifs is 1. The van der Waals surface area contributed by atoms with Gasteiger partial charge in [-0.05, 0) is 11.6 Å². The van der Waals surface area contributed by atoms with Crippen molar-refractivity contribution in [3.05, 3.63) is 86.8 Å². The molecule has 0 radical (unpaired) electrons. The van der Waals surface area contributed by atoms with Crippen molar-refractivity contribution in [2.45, 2.75) is 12.6 Å². The van der Waals surface area contributed by atoms with Crippen molar-refractivity contribution in [3.8, 4) is 0 Å². The number of H-pyrrole nitrogens is 1. The van der Waals surface area contributed by atoms with Crippen LogP contribution in [0.15, 0.2) is 69.5 Å². The SMILES string of the molecule is Cn1c(=O)[nH]c(=O)c2c1nc(NN=Cc1cccnc1)n2CC(O)c1ccccc1. The van der Waals surface area contributed by atoms with Crippen molar-refractivity contribution in [1.82, 2.24) is 24.1 Å². The molecule has 4 aromatic rings. The van der Waals surface area contributed by atoms with Crippen molar-refractivity contribution in [2.24, 2.45) is 12.1 Å². The third-order valence-electron chi connectivity index (χ3n) is 4.61. The highest BCUT2D eigenvalue weighted by Gasteiger charge is 2.20. The molecule has 0 amide bonds. The number of aliphatic hydroxyl groups is 1. The lowest BCUT2D eigenvalue weighted by Crippen LogP contribution is -2.29. The molecule has 1 unspecified atom stereocenters. The zero-order chi connectivity index (χ0) is 21.1. The number of hydrogen-bond acceptors (Lipinski definition) is 7. The average molecular weight is 405 g/mol. The van der Waals surface area contributed by atoms with Gasteiger partial charge in [0, 0.05) is 25.0 Å². The second-order valence-electron chi connectivity index (χ2n) is 6.62. The minimum absolute atomic E-state index is 0.0343. The van der Waals surface area contributed by atoms with Crippen LogP contribution < -0.4 is 16.7 Å². The molecule has 30 heavy (non-hydrogen) atoms. The molecular formula is C20H19N7O3. The van der Waals surface area contributed by atoms with E-state index in [2.05, 4.69) is 25.5 Å². The summed E-state index contributed by atoms with van der Waals surface area (Å²) in [4.78, 5) is 35.1. The maximum atomic E-state index is 12.5. The summed E-state index contributed by atoms with van der Waals surface area (Å²) in [6, 6.07) is 12.7. The summed E-state index contributed by atoms with van der Waals surface area (Å²) in [6.07, 6.45) is 3.94. The maximum absolute atomic E-state index is 12.5. The topological polar surface area (TPSA) is 130 Å². The third-order valence-corrected chi connectivity index (χ3v) is 4.61. The first-order chi connectivity index (χ1) is 14.5. The minimum Gasteiger partial charge on any atom is -0.387 e. The highest BCUT2D eigenvalue weighted by molar-refractivity contribution is 5.80. The fourth-order valence-corrected chi connectivity index (χ4v) is 3.07. The molecule has 0 saturated heterocycles. The van der Waals surface area contributed by atoms with Gasteiger partial charge in [0.15, 0.2) is 11.2 Å². The molecule has 0 aliphatic carbocycles. The number of imidazole rings is 1. The highest BCUT2D eigenvalue weighted by atomic mass is 16.3.